The van der Waals surface area contributed by atoms with Crippen LogP contribution in [0, 0.1) is 0 Å². The Labute approximate surface area is 129 Å². The van der Waals surface area contributed by atoms with Gasteiger partial charge in [-0.25, -0.2) is 0 Å². The summed E-state index contributed by atoms with van der Waals surface area (Å²) in [6.45, 7) is 16.2. The van der Waals surface area contributed by atoms with Crippen molar-refractivity contribution in [2.45, 2.75) is 58.8 Å². The second-order valence-electron chi connectivity index (χ2n) is 7.97. The highest BCUT2D eigenvalue weighted by Gasteiger charge is 2.31. The lowest BCUT2D eigenvalue weighted by Gasteiger charge is -2.45. The average Bonchev–Trinajstić information content (AvgIpc) is 2.78. The van der Waals surface area contributed by atoms with E-state index < -0.39 is 0 Å². The molecule has 1 saturated heterocycles. The highest BCUT2D eigenvalue weighted by Crippen LogP contribution is 2.21. The molecule has 2 heterocycles. The van der Waals surface area contributed by atoms with Crippen molar-refractivity contribution in [2.24, 2.45) is 0 Å². The molecule has 0 aromatic carbocycles. The summed E-state index contributed by atoms with van der Waals surface area (Å²) in [7, 11) is 2.21. The van der Waals surface area contributed by atoms with Crippen LogP contribution in [0.25, 0.3) is 0 Å². The van der Waals surface area contributed by atoms with Crippen LogP contribution in [0.3, 0.4) is 0 Å². The Morgan fingerprint density at radius 2 is 2.00 bits per heavy atom. The molecule has 2 rings (SSSR count). The summed E-state index contributed by atoms with van der Waals surface area (Å²) >= 11 is 0. The molecule has 4 heteroatoms. The topological polar surface area (TPSA) is 31.6 Å². The summed E-state index contributed by atoms with van der Waals surface area (Å²) in [6.07, 6.45) is 1.88. The van der Waals surface area contributed by atoms with Gasteiger partial charge in [0.05, 0.1) is 12.8 Å². The van der Waals surface area contributed by atoms with Crippen LogP contribution in [0.15, 0.2) is 16.7 Å². The predicted molar refractivity (Wildman–Crippen MR) is 87.3 cm³/mol. The number of hydrogen-bond acceptors (Lipinski definition) is 4. The molecule has 4 nitrogen and oxygen atoms in total. The predicted octanol–water partition coefficient (Wildman–Crippen LogP) is 2.69. The summed E-state index contributed by atoms with van der Waals surface area (Å²) in [4.78, 5) is 4.92. The third kappa shape index (κ3) is 4.83. The van der Waals surface area contributed by atoms with E-state index in [-0.39, 0.29) is 11.1 Å². The standard InChI is InChI=1S/C17H31N3O/c1-16(2,3)18-10-14-9-15(21-12-14)11-20-8-7-19(6)17(4,5)13-20/h9,12,18H,7-8,10-11,13H2,1-6H3. The van der Waals surface area contributed by atoms with E-state index in [0.717, 1.165) is 38.5 Å². The molecule has 1 aromatic rings. The van der Waals surface area contributed by atoms with Gasteiger partial charge >= 0.3 is 0 Å². The summed E-state index contributed by atoms with van der Waals surface area (Å²) in [5, 5.41) is 3.49. The van der Waals surface area contributed by atoms with Crippen LogP contribution in [-0.2, 0) is 13.1 Å². The molecule has 1 fully saturated rings. The first kappa shape index (κ1) is 16.5. The summed E-state index contributed by atoms with van der Waals surface area (Å²) < 4.78 is 5.73. The maximum atomic E-state index is 5.73. The molecule has 120 valence electrons. The van der Waals surface area contributed by atoms with Gasteiger partial charge in [-0.1, -0.05) is 0 Å². The van der Waals surface area contributed by atoms with Gasteiger partial charge in [-0.2, -0.15) is 0 Å². The highest BCUT2D eigenvalue weighted by molar-refractivity contribution is 5.13. The van der Waals surface area contributed by atoms with Gasteiger partial charge in [0, 0.05) is 42.8 Å². The zero-order valence-electron chi connectivity index (χ0n) is 14.5. The Bertz CT molecular complexity index is 459. The second-order valence-corrected chi connectivity index (χ2v) is 7.97. The van der Waals surface area contributed by atoms with Gasteiger partial charge in [0.2, 0.25) is 0 Å². The maximum Gasteiger partial charge on any atom is 0.118 e. The number of likely N-dealkylation sites (N-methyl/N-ethyl adjacent to an activating group) is 1. The Morgan fingerprint density at radius 1 is 1.29 bits per heavy atom. The van der Waals surface area contributed by atoms with Gasteiger partial charge < -0.3 is 9.73 Å². The molecule has 0 saturated carbocycles. The molecule has 1 aliphatic heterocycles. The van der Waals surface area contributed by atoms with Crippen LogP contribution in [0.4, 0.5) is 0 Å². The molecule has 0 radical (unpaired) electrons. The minimum absolute atomic E-state index is 0.138. The summed E-state index contributed by atoms with van der Waals surface area (Å²) in [6, 6.07) is 2.18. The van der Waals surface area contributed by atoms with Crippen molar-refractivity contribution in [3.63, 3.8) is 0 Å². The smallest absolute Gasteiger partial charge is 0.118 e. The molecule has 1 aromatic heterocycles. The van der Waals surface area contributed by atoms with Crippen molar-refractivity contribution in [3.8, 4) is 0 Å². The highest BCUT2D eigenvalue weighted by atomic mass is 16.3. The first-order valence-corrected chi connectivity index (χ1v) is 7.91. The third-order valence-corrected chi connectivity index (χ3v) is 4.31. The van der Waals surface area contributed by atoms with E-state index >= 15 is 0 Å². The Morgan fingerprint density at radius 3 is 2.62 bits per heavy atom. The number of rotatable bonds is 4. The van der Waals surface area contributed by atoms with E-state index in [9.17, 15) is 0 Å². The lowest BCUT2D eigenvalue weighted by atomic mass is 10.00. The van der Waals surface area contributed by atoms with Crippen molar-refractivity contribution in [3.05, 3.63) is 23.7 Å². The summed E-state index contributed by atoms with van der Waals surface area (Å²) in [5.74, 6) is 1.07. The van der Waals surface area contributed by atoms with E-state index in [1.54, 1.807) is 0 Å². The van der Waals surface area contributed by atoms with Gasteiger partial charge in [0.1, 0.15) is 5.76 Å². The Balaban J connectivity index is 1.88. The third-order valence-electron chi connectivity index (χ3n) is 4.31. The van der Waals surface area contributed by atoms with Crippen molar-refractivity contribution in [1.82, 2.24) is 15.1 Å². The quantitative estimate of drug-likeness (QED) is 0.925. The largest absolute Gasteiger partial charge is 0.468 e. The van der Waals surface area contributed by atoms with E-state index in [2.05, 4.69) is 62.8 Å². The number of piperazine rings is 1. The fourth-order valence-corrected chi connectivity index (χ4v) is 2.67. The van der Waals surface area contributed by atoms with Gasteiger partial charge in [-0.05, 0) is 47.7 Å². The SMILES string of the molecule is CN1CCN(Cc2cc(CNC(C)(C)C)co2)CC1(C)C. The second kappa shape index (κ2) is 6.11. The van der Waals surface area contributed by atoms with Crippen LogP contribution >= 0.6 is 0 Å². The number of nitrogens with zero attached hydrogens (tertiary/aromatic N) is 2. The molecule has 0 amide bonds. The fourth-order valence-electron chi connectivity index (χ4n) is 2.67. The van der Waals surface area contributed by atoms with Crippen LogP contribution in [0.2, 0.25) is 0 Å². The molecule has 21 heavy (non-hydrogen) atoms. The van der Waals surface area contributed by atoms with Gasteiger partial charge in [0.25, 0.3) is 0 Å². The Hall–Kier alpha value is -0.840. The number of hydrogen-bond donors (Lipinski definition) is 1. The first-order valence-electron chi connectivity index (χ1n) is 7.91. The monoisotopic (exact) mass is 293 g/mol. The van der Waals surface area contributed by atoms with Crippen LogP contribution in [-0.4, -0.2) is 47.6 Å². The van der Waals surface area contributed by atoms with E-state index in [0.29, 0.717) is 0 Å². The Kier molecular flexibility index (Phi) is 4.81. The van der Waals surface area contributed by atoms with Crippen molar-refractivity contribution in [2.75, 3.05) is 26.7 Å². The molecule has 1 N–H and O–H groups in total. The van der Waals surface area contributed by atoms with E-state index in [1.165, 1.54) is 5.56 Å². The normalized spacial score (nSPS) is 20.9. The lowest BCUT2D eigenvalue weighted by molar-refractivity contribution is 0.0328. The van der Waals surface area contributed by atoms with E-state index in [4.69, 9.17) is 4.42 Å². The lowest BCUT2D eigenvalue weighted by Crippen LogP contribution is -2.57. The van der Waals surface area contributed by atoms with Gasteiger partial charge in [-0.15, -0.1) is 0 Å². The van der Waals surface area contributed by atoms with Crippen LogP contribution in [0.1, 0.15) is 45.9 Å². The van der Waals surface area contributed by atoms with Gasteiger partial charge in [0.15, 0.2) is 0 Å². The molecule has 1 aliphatic rings. The van der Waals surface area contributed by atoms with Crippen molar-refractivity contribution in [1.29, 1.82) is 0 Å². The average molecular weight is 293 g/mol. The molecule has 0 spiro atoms. The molecule has 0 atom stereocenters. The summed E-state index contributed by atoms with van der Waals surface area (Å²) in [5.41, 5.74) is 1.61. The molecular weight excluding hydrogens is 262 g/mol. The first-order chi connectivity index (χ1) is 9.66. The number of nitrogens with one attached hydrogen (secondary N) is 1. The maximum absolute atomic E-state index is 5.73. The molecule has 0 bridgehead atoms. The fraction of sp³-hybridized carbons (Fsp3) is 0.765. The van der Waals surface area contributed by atoms with Crippen molar-refractivity contribution < 1.29 is 4.42 Å². The zero-order chi connectivity index (χ0) is 15.7. The van der Waals surface area contributed by atoms with Crippen LogP contribution in [0.5, 0.6) is 0 Å². The van der Waals surface area contributed by atoms with E-state index in [1.807, 2.05) is 6.26 Å². The molecule has 0 unspecified atom stereocenters. The number of furan rings is 1. The van der Waals surface area contributed by atoms with Gasteiger partial charge in [-0.3, -0.25) is 9.80 Å². The minimum atomic E-state index is 0.138. The van der Waals surface area contributed by atoms with Crippen LogP contribution < -0.4 is 5.32 Å². The molecular formula is C17H31N3O. The minimum Gasteiger partial charge on any atom is -0.468 e. The zero-order valence-corrected chi connectivity index (χ0v) is 14.5. The molecule has 0 aliphatic carbocycles. The van der Waals surface area contributed by atoms with Crippen molar-refractivity contribution >= 4 is 0 Å².